The fourth-order valence-corrected chi connectivity index (χ4v) is 4.02. The van der Waals surface area contributed by atoms with Crippen molar-refractivity contribution in [2.45, 2.75) is 31.6 Å². The van der Waals surface area contributed by atoms with Gasteiger partial charge in [0.2, 0.25) is 5.88 Å². The van der Waals surface area contributed by atoms with Crippen LogP contribution in [-0.4, -0.2) is 64.1 Å². The number of nitrogens with zero attached hydrogens (tertiary/aromatic N) is 5. The number of rotatable bonds is 7. The standard InChI is InChI=1S/C23H25F3N6O3/c1-34-17-5-3-4-15(12-17)14-31-10-8-16(9-11-31)28-22(33)18-13-27-32(21(18)23(24,25)26)19-6-7-20(35-2)30-29-19/h3-7,12-13,16H,8-11,14H2,1-2H3,(H,28,33). The van der Waals surface area contributed by atoms with Crippen molar-refractivity contribution in [2.24, 2.45) is 0 Å². The summed E-state index contributed by atoms with van der Waals surface area (Å²) in [4.78, 5) is 15.1. The van der Waals surface area contributed by atoms with E-state index in [1.54, 1.807) is 7.11 Å². The summed E-state index contributed by atoms with van der Waals surface area (Å²) in [5, 5.41) is 13.9. The normalized spacial score (nSPS) is 15.1. The summed E-state index contributed by atoms with van der Waals surface area (Å²) in [6.45, 7) is 2.13. The molecular formula is C23H25F3N6O3. The number of ether oxygens (including phenoxy) is 2. The van der Waals surface area contributed by atoms with E-state index in [0.717, 1.165) is 24.1 Å². The summed E-state index contributed by atoms with van der Waals surface area (Å²) < 4.78 is 52.4. The Labute approximate surface area is 199 Å². The average molecular weight is 490 g/mol. The molecule has 1 fully saturated rings. The molecule has 0 bridgehead atoms. The number of hydrogen-bond acceptors (Lipinski definition) is 7. The zero-order chi connectivity index (χ0) is 25.0. The van der Waals surface area contributed by atoms with Crippen molar-refractivity contribution in [3.05, 3.63) is 59.4 Å². The molecule has 0 atom stereocenters. The first-order valence-electron chi connectivity index (χ1n) is 11.0. The monoisotopic (exact) mass is 490 g/mol. The van der Waals surface area contributed by atoms with Gasteiger partial charge in [0.1, 0.15) is 5.75 Å². The molecule has 0 radical (unpaired) electrons. The smallest absolute Gasteiger partial charge is 0.434 e. The second kappa shape index (κ2) is 10.3. The molecule has 0 saturated carbocycles. The molecule has 1 amide bonds. The zero-order valence-electron chi connectivity index (χ0n) is 19.2. The summed E-state index contributed by atoms with van der Waals surface area (Å²) in [5.74, 6) is -0.0734. The highest BCUT2D eigenvalue weighted by Crippen LogP contribution is 2.33. The molecule has 2 aromatic heterocycles. The van der Waals surface area contributed by atoms with Crippen LogP contribution in [0.2, 0.25) is 0 Å². The third-order valence-electron chi connectivity index (χ3n) is 5.80. The number of nitrogens with one attached hydrogen (secondary N) is 1. The van der Waals surface area contributed by atoms with Gasteiger partial charge in [-0.25, -0.2) is 4.68 Å². The molecule has 1 aromatic carbocycles. The predicted molar refractivity (Wildman–Crippen MR) is 119 cm³/mol. The van der Waals surface area contributed by atoms with E-state index >= 15 is 0 Å². The Hall–Kier alpha value is -3.67. The maximum atomic E-state index is 13.9. The average Bonchev–Trinajstić information content (AvgIpc) is 3.32. The van der Waals surface area contributed by atoms with Crippen LogP contribution in [0.5, 0.6) is 11.6 Å². The number of carbonyl (C=O) groups is 1. The molecule has 1 saturated heterocycles. The SMILES string of the molecule is COc1cccc(CN2CCC(NC(=O)c3cnn(-c4ccc(OC)nn4)c3C(F)(F)F)CC2)c1. The van der Waals surface area contributed by atoms with Crippen molar-refractivity contribution in [3.8, 4) is 17.4 Å². The van der Waals surface area contributed by atoms with Gasteiger partial charge in [-0.2, -0.15) is 18.3 Å². The van der Waals surface area contributed by atoms with Crippen molar-refractivity contribution >= 4 is 5.91 Å². The molecule has 0 aliphatic carbocycles. The largest absolute Gasteiger partial charge is 0.497 e. The fourth-order valence-electron chi connectivity index (χ4n) is 4.02. The minimum atomic E-state index is -4.83. The summed E-state index contributed by atoms with van der Waals surface area (Å²) >= 11 is 0. The second-order valence-corrected chi connectivity index (χ2v) is 8.13. The van der Waals surface area contributed by atoms with Crippen LogP contribution in [0.25, 0.3) is 5.82 Å². The lowest BCUT2D eigenvalue weighted by molar-refractivity contribution is -0.143. The van der Waals surface area contributed by atoms with Crippen LogP contribution in [0, 0.1) is 0 Å². The first kappa shape index (κ1) is 24.5. The zero-order valence-corrected chi connectivity index (χ0v) is 19.2. The van der Waals surface area contributed by atoms with E-state index in [1.807, 2.05) is 24.3 Å². The number of methoxy groups -OCH3 is 2. The van der Waals surface area contributed by atoms with Crippen LogP contribution in [0.3, 0.4) is 0 Å². The number of piperidine rings is 1. The summed E-state index contributed by atoms with van der Waals surface area (Å²) in [6, 6.07) is 10.2. The van der Waals surface area contributed by atoms with Gasteiger partial charge < -0.3 is 14.8 Å². The van der Waals surface area contributed by atoms with Crippen LogP contribution < -0.4 is 14.8 Å². The molecular weight excluding hydrogens is 465 g/mol. The lowest BCUT2D eigenvalue weighted by Crippen LogP contribution is -2.44. The first-order chi connectivity index (χ1) is 16.8. The molecule has 1 N–H and O–H groups in total. The highest BCUT2D eigenvalue weighted by Gasteiger charge is 2.41. The van der Waals surface area contributed by atoms with Crippen LogP contribution in [0.4, 0.5) is 13.2 Å². The molecule has 0 spiro atoms. The van der Waals surface area contributed by atoms with E-state index in [0.29, 0.717) is 30.6 Å². The molecule has 35 heavy (non-hydrogen) atoms. The van der Waals surface area contributed by atoms with Gasteiger partial charge in [0.05, 0.1) is 26.0 Å². The van der Waals surface area contributed by atoms with Crippen molar-refractivity contribution in [1.82, 2.24) is 30.2 Å². The van der Waals surface area contributed by atoms with Crippen LogP contribution >= 0.6 is 0 Å². The Morgan fingerprint density at radius 1 is 1.11 bits per heavy atom. The summed E-state index contributed by atoms with van der Waals surface area (Å²) in [5.41, 5.74) is -0.658. The van der Waals surface area contributed by atoms with Gasteiger partial charge in [0.25, 0.3) is 5.91 Å². The lowest BCUT2D eigenvalue weighted by Gasteiger charge is -2.32. The quantitative estimate of drug-likeness (QED) is 0.544. The van der Waals surface area contributed by atoms with E-state index < -0.39 is 23.3 Å². The van der Waals surface area contributed by atoms with Crippen molar-refractivity contribution in [1.29, 1.82) is 0 Å². The molecule has 4 rings (SSSR count). The van der Waals surface area contributed by atoms with E-state index in [2.05, 4.69) is 25.5 Å². The molecule has 3 heterocycles. The molecule has 1 aliphatic rings. The molecule has 0 unspecified atom stereocenters. The molecule has 3 aromatic rings. The third kappa shape index (κ3) is 5.70. The van der Waals surface area contributed by atoms with Crippen LogP contribution in [0.1, 0.15) is 34.5 Å². The number of likely N-dealkylation sites (tertiary alicyclic amines) is 1. The highest BCUT2D eigenvalue weighted by atomic mass is 19.4. The van der Waals surface area contributed by atoms with Crippen LogP contribution in [0.15, 0.2) is 42.6 Å². The first-order valence-corrected chi connectivity index (χ1v) is 11.0. The van der Waals surface area contributed by atoms with E-state index in [4.69, 9.17) is 9.47 Å². The molecule has 1 aliphatic heterocycles. The van der Waals surface area contributed by atoms with Crippen LogP contribution in [-0.2, 0) is 12.7 Å². The van der Waals surface area contributed by atoms with E-state index in [1.165, 1.54) is 19.2 Å². The fraction of sp³-hybridized carbons (Fsp3) is 0.391. The highest BCUT2D eigenvalue weighted by molar-refractivity contribution is 5.95. The Morgan fingerprint density at radius 3 is 2.51 bits per heavy atom. The minimum absolute atomic E-state index is 0.144. The number of benzene rings is 1. The van der Waals surface area contributed by atoms with Crippen molar-refractivity contribution in [3.63, 3.8) is 0 Å². The van der Waals surface area contributed by atoms with Gasteiger partial charge in [-0.15, -0.1) is 10.2 Å². The van der Waals surface area contributed by atoms with Gasteiger partial charge in [-0.3, -0.25) is 9.69 Å². The predicted octanol–water partition coefficient (Wildman–Crippen LogP) is 3.09. The maximum Gasteiger partial charge on any atom is 0.434 e. The van der Waals surface area contributed by atoms with Crippen molar-refractivity contribution in [2.75, 3.05) is 27.3 Å². The third-order valence-corrected chi connectivity index (χ3v) is 5.80. The van der Waals surface area contributed by atoms with Gasteiger partial charge in [-0.05, 0) is 36.6 Å². The minimum Gasteiger partial charge on any atom is -0.497 e. The maximum absolute atomic E-state index is 13.9. The van der Waals surface area contributed by atoms with Gasteiger partial charge >= 0.3 is 6.18 Å². The van der Waals surface area contributed by atoms with Gasteiger partial charge in [0, 0.05) is 31.7 Å². The van der Waals surface area contributed by atoms with E-state index in [-0.39, 0.29) is 17.7 Å². The number of aromatic nitrogens is 4. The Bertz CT molecular complexity index is 1160. The topological polar surface area (TPSA) is 94.4 Å². The Balaban J connectivity index is 1.42. The van der Waals surface area contributed by atoms with Gasteiger partial charge in [-0.1, -0.05) is 12.1 Å². The molecule has 186 valence electrons. The number of halogens is 3. The Kier molecular flexibility index (Phi) is 7.20. The summed E-state index contributed by atoms with van der Waals surface area (Å²) in [7, 11) is 2.98. The summed E-state index contributed by atoms with van der Waals surface area (Å²) in [6.07, 6.45) is -2.68. The number of amides is 1. The lowest BCUT2D eigenvalue weighted by atomic mass is 10.0. The van der Waals surface area contributed by atoms with Gasteiger partial charge in [0.15, 0.2) is 11.5 Å². The second-order valence-electron chi connectivity index (χ2n) is 8.13. The number of carbonyl (C=O) groups excluding carboxylic acids is 1. The van der Waals surface area contributed by atoms with E-state index in [9.17, 15) is 18.0 Å². The van der Waals surface area contributed by atoms with Crippen molar-refractivity contribution < 1.29 is 27.4 Å². The Morgan fingerprint density at radius 2 is 1.89 bits per heavy atom. The molecule has 9 nitrogen and oxygen atoms in total. The molecule has 12 heteroatoms. The number of hydrogen-bond donors (Lipinski definition) is 1. The number of alkyl halides is 3.